The molecule has 3 nitrogen and oxygen atoms in total. The van der Waals surface area contributed by atoms with Crippen LogP contribution in [-0.2, 0) is 9.53 Å². The van der Waals surface area contributed by atoms with Crippen LogP contribution in [0.3, 0.4) is 0 Å². The fourth-order valence-electron chi connectivity index (χ4n) is 0.847. The van der Waals surface area contributed by atoms with E-state index >= 15 is 0 Å². The number of hydrogen-bond donors (Lipinski definition) is 1. The van der Waals surface area contributed by atoms with E-state index < -0.39 is 43.9 Å². The number of aliphatic hydroxyl groups is 1. The topological polar surface area (TPSA) is 46.5 Å². The summed E-state index contributed by atoms with van der Waals surface area (Å²) in [5.41, 5.74) is 0.0927. The molecule has 7 heteroatoms. The summed E-state index contributed by atoms with van der Waals surface area (Å²) in [6.45, 7) is 4.12. The molecule has 0 saturated carbocycles. The fraction of sp³-hybridized carbons (Fsp3) is 0.700. The first kappa shape index (κ1) is 15.9. The Labute approximate surface area is 96.1 Å². The zero-order chi connectivity index (χ0) is 13.6. The number of carbonyl (C=O) groups excluding carboxylic acids is 1. The highest BCUT2D eigenvalue weighted by molar-refractivity contribution is 5.86. The third kappa shape index (κ3) is 6.25. The molecule has 0 aliphatic carbocycles. The highest BCUT2D eigenvalue weighted by Crippen LogP contribution is 2.28. The Balaban J connectivity index is 3.92. The molecule has 1 N–H and O–H groups in total. The molecule has 0 aliphatic rings. The minimum absolute atomic E-state index is 0.0927. The molecule has 0 bridgehead atoms. The van der Waals surface area contributed by atoms with Crippen molar-refractivity contribution >= 4 is 5.97 Å². The van der Waals surface area contributed by atoms with Crippen molar-refractivity contribution in [2.45, 2.75) is 38.2 Å². The van der Waals surface area contributed by atoms with E-state index in [1.807, 2.05) is 0 Å². The summed E-state index contributed by atoms with van der Waals surface area (Å²) in [5, 5.41) is 9.14. The predicted molar refractivity (Wildman–Crippen MR) is 52.0 cm³/mol. The second-order valence-electron chi connectivity index (χ2n) is 3.63. The Morgan fingerprint density at radius 3 is 2.41 bits per heavy atom. The standard InChI is InChI=1S/C10H14F4O3/c1-6(2)8(16)17-5-7(15)3-4-10(13,14)9(11)12/h7,9,15H,1,3-5H2,2H3. The molecule has 0 fully saturated rings. The van der Waals surface area contributed by atoms with Crippen LogP contribution in [0, 0.1) is 0 Å². The Kier molecular flexibility index (Phi) is 6.15. The monoisotopic (exact) mass is 258 g/mol. The number of aliphatic hydroxyl groups excluding tert-OH is 1. The quantitative estimate of drug-likeness (QED) is 0.432. The first-order chi connectivity index (χ1) is 7.66. The van der Waals surface area contributed by atoms with Gasteiger partial charge in [-0.3, -0.25) is 0 Å². The van der Waals surface area contributed by atoms with Crippen molar-refractivity contribution in [1.82, 2.24) is 0 Å². The number of ether oxygens (including phenoxy) is 1. The van der Waals surface area contributed by atoms with Crippen molar-refractivity contribution in [3.8, 4) is 0 Å². The average Bonchev–Trinajstić information content (AvgIpc) is 2.22. The van der Waals surface area contributed by atoms with Crippen molar-refractivity contribution in [1.29, 1.82) is 0 Å². The summed E-state index contributed by atoms with van der Waals surface area (Å²) in [5.74, 6) is -4.91. The molecule has 100 valence electrons. The van der Waals surface area contributed by atoms with Crippen molar-refractivity contribution in [2.75, 3.05) is 6.61 Å². The van der Waals surface area contributed by atoms with Gasteiger partial charge in [0.1, 0.15) is 6.61 Å². The van der Waals surface area contributed by atoms with Crippen LogP contribution in [-0.4, -0.2) is 36.1 Å². The van der Waals surface area contributed by atoms with Gasteiger partial charge in [0.2, 0.25) is 0 Å². The second kappa shape index (κ2) is 6.58. The molecule has 0 rings (SSSR count). The van der Waals surface area contributed by atoms with Gasteiger partial charge in [-0.25, -0.2) is 22.4 Å². The first-order valence-corrected chi connectivity index (χ1v) is 4.83. The van der Waals surface area contributed by atoms with Crippen LogP contribution in [0.1, 0.15) is 19.8 Å². The van der Waals surface area contributed by atoms with E-state index in [0.717, 1.165) is 0 Å². The smallest absolute Gasteiger partial charge is 0.333 e. The Hall–Kier alpha value is -1.11. The molecule has 1 unspecified atom stereocenters. The van der Waals surface area contributed by atoms with E-state index in [0.29, 0.717) is 0 Å². The van der Waals surface area contributed by atoms with Crippen molar-refractivity contribution < 1.29 is 32.2 Å². The van der Waals surface area contributed by atoms with Gasteiger partial charge < -0.3 is 9.84 Å². The minimum atomic E-state index is -4.14. The molecule has 0 aromatic rings. The predicted octanol–water partition coefficient (Wildman–Crippen LogP) is 2.15. The maximum atomic E-state index is 12.5. The molecule has 0 heterocycles. The molecule has 0 spiro atoms. The summed E-state index contributed by atoms with van der Waals surface area (Å²) in [6, 6.07) is 0. The summed E-state index contributed by atoms with van der Waals surface area (Å²) in [4.78, 5) is 10.9. The summed E-state index contributed by atoms with van der Waals surface area (Å²) in [6.07, 6.45) is -6.92. The van der Waals surface area contributed by atoms with Crippen LogP contribution in [0.15, 0.2) is 12.2 Å². The SMILES string of the molecule is C=C(C)C(=O)OCC(O)CCC(F)(F)C(F)F. The second-order valence-corrected chi connectivity index (χ2v) is 3.63. The van der Waals surface area contributed by atoms with Gasteiger partial charge in [0, 0.05) is 12.0 Å². The molecule has 0 amide bonds. The molecule has 0 radical (unpaired) electrons. The van der Waals surface area contributed by atoms with E-state index in [2.05, 4.69) is 11.3 Å². The van der Waals surface area contributed by atoms with Crippen LogP contribution in [0.4, 0.5) is 17.6 Å². The van der Waals surface area contributed by atoms with Gasteiger partial charge in [-0.2, -0.15) is 0 Å². The van der Waals surface area contributed by atoms with E-state index in [-0.39, 0.29) is 5.57 Å². The van der Waals surface area contributed by atoms with Crippen LogP contribution >= 0.6 is 0 Å². The number of alkyl halides is 4. The Bertz CT molecular complexity index is 279. The van der Waals surface area contributed by atoms with E-state index in [1.165, 1.54) is 6.92 Å². The number of carbonyl (C=O) groups is 1. The van der Waals surface area contributed by atoms with Gasteiger partial charge in [-0.05, 0) is 13.3 Å². The van der Waals surface area contributed by atoms with Gasteiger partial charge in [-0.1, -0.05) is 6.58 Å². The van der Waals surface area contributed by atoms with Crippen LogP contribution < -0.4 is 0 Å². The maximum absolute atomic E-state index is 12.5. The highest BCUT2D eigenvalue weighted by Gasteiger charge is 2.40. The number of hydrogen-bond acceptors (Lipinski definition) is 3. The molecule has 17 heavy (non-hydrogen) atoms. The molecule has 1 atom stereocenters. The van der Waals surface area contributed by atoms with Crippen LogP contribution in [0.25, 0.3) is 0 Å². The summed E-state index contributed by atoms with van der Waals surface area (Å²) >= 11 is 0. The minimum Gasteiger partial charge on any atom is -0.460 e. The Morgan fingerprint density at radius 2 is 2.00 bits per heavy atom. The number of rotatable bonds is 7. The van der Waals surface area contributed by atoms with Gasteiger partial charge in [0.15, 0.2) is 0 Å². The van der Waals surface area contributed by atoms with Crippen molar-refractivity contribution in [3.63, 3.8) is 0 Å². The Morgan fingerprint density at radius 1 is 1.47 bits per heavy atom. The third-order valence-electron chi connectivity index (χ3n) is 1.89. The molecule has 0 aromatic heterocycles. The summed E-state index contributed by atoms with van der Waals surface area (Å²) < 4.78 is 52.9. The van der Waals surface area contributed by atoms with Crippen molar-refractivity contribution in [3.05, 3.63) is 12.2 Å². The number of halogens is 4. The largest absolute Gasteiger partial charge is 0.460 e. The zero-order valence-corrected chi connectivity index (χ0v) is 9.26. The lowest BCUT2D eigenvalue weighted by Crippen LogP contribution is -2.29. The van der Waals surface area contributed by atoms with Crippen LogP contribution in [0.2, 0.25) is 0 Å². The van der Waals surface area contributed by atoms with Gasteiger partial charge in [-0.15, -0.1) is 0 Å². The zero-order valence-electron chi connectivity index (χ0n) is 9.26. The molecule has 0 aliphatic heterocycles. The average molecular weight is 258 g/mol. The van der Waals surface area contributed by atoms with E-state index in [9.17, 15) is 22.4 Å². The lowest BCUT2D eigenvalue weighted by atomic mass is 10.1. The van der Waals surface area contributed by atoms with E-state index in [4.69, 9.17) is 5.11 Å². The number of esters is 1. The third-order valence-corrected chi connectivity index (χ3v) is 1.89. The van der Waals surface area contributed by atoms with Crippen LogP contribution in [0.5, 0.6) is 0 Å². The molecule has 0 saturated heterocycles. The normalized spacial score (nSPS) is 13.6. The lowest BCUT2D eigenvalue weighted by molar-refractivity contribution is -0.146. The van der Waals surface area contributed by atoms with E-state index in [1.54, 1.807) is 0 Å². The van der Waals surface area contributed by atoms with Gasteiger partial charge in [0.25, 0.3) is 0 Å². The fourth-order valence-corrected chi connectivity index (χ4v) is 0.847. The molecular formula is C10H14F4O3. The summed E-state index contributed by atoms with van der Waals surface area (Å²) in [7, 11) is 0. The van der Waals surface area contributed by atoms with Gasteiger partial charge >= 0.3 is 18.3 Å². The molecule has 0 aromatic carbocycles. The maximum Gasteiger partial charge on any atom is 0.333 e. The first-order valence-electron chi connectivity index (χ1n) is 4.83. The lowest BCUT2D eigenvalue weighted by Gasteiger charge is -2.17. The van der Waals surface area contributed by atoms with Gasteiger partial charge in [0.05, 0.1) is 6.10 Å². The van der Waals surface area contributed by atoms with Crippen molar-refractivity contribution in [2.24, 2.45) is 0 Å². The highest BCUT2D eigenvalue weighted by atomic mass is 19.3. The molecular weight excluding hydrogens is 244 g/mol.